The summed E-state index contributed by atoms with van der Waals surface area (Å²) in [6.45, 7) is 4.48. The zero-order valence-corrected chi connectivity index (χ0v) is 26.2. The highest BCUT2D eigenvalue weighted by molar-refractivity contribution is 5.88. The summed E-state index contributed by atoms with van der Waals surface area (Å²) in [4.78, 5) is 14.1. The number of aliphatic hydroxyl groups excluding tert-OH is 6. The number of hydrogen-bond donors (Lipinski definition) is 10. The standard InChI is InChI=1S/C32H40O16/c1-11(2)4-5-15-23(38)21-18(45-29(15)13-6-16(35)24(39)17(36)7-13)8-14(34)9-19(21)46-32-28(43)26(41)30(20(10-33)47-32)48-31-27(42)25(40)22(37)12(3)44-31/h6-9,11-12,20,22,25-28,30-37,39-43H,4-5,10H2,1-3H3/t12-,20+,22-,25+,26+,27+,28+,30+,31-,32-/m0/s1. The summed E-state index contributed by atoms with van der Waals surface area (Å²) in [7, 11) is 0. The van der Waals surface area contributed by atoms with Gasteiger partial charge in [-0.15, -0.1) is 0 Å². The normalized spacial score (nSPS) is 31.0. The molecule has 2 aromatic carbocycles. The van der Waals surface area contributed by atoms with Gasteiger partial charge >= 0.3 is 0 Å². The molecule has 10 N–H and O–H groups in total. The van der Waals surface area contributed by atoms with Gasteiger partial charge < -0.3 is 74.4 Å². The molecule has 2 fully saturated rings. The average molecular weight is 681 g/mol. The van der Waals surface area contributed by atoms with Crippen LogP contribution in [0.2, 0.25) is 0 Å². The molecular formula is C32H40O16. The maximum Gasteiger partial charge on any atom is 0.229 e. The van der Waals surface area contributed by atoms with Gasteiger partial charge in [-0.1, -0.05) is 13.8 Å². The molecule has 0 unspecified atom stereocenters. The van der Waals surface area contributed by atoms with Crippen LogP contribution in [-0.2, 0) is 20.6 Å². The fourth-order valence-electron chi connectivity index (χ4n) is 5.75. The van der Waals surface area contributed by atoms with Gasteiger partial charge in [0.1, 0.15) is 71.0 Å². The minimum atomic E-state index is -1.90. The molecule has 10 atom stereocenters. The van der Waals surface area contributed by atoms with Crippen molar-refractivity contribution in [3.8, 4) is 40.1 Å². The highest BCUT2D eigenvalue weighted by Crippen LogP contribution is 2.42. The number of hydrogen-bond acceptors (Lipinski definition) is 16. The topological polar surface area (TPSA) is 269 Å². The van der Waals surface area contributed by atoms with Crippen LogP contribution < -0.4 is 10.2 Å². The molecule has 48 heavy (non-hydrogen) atoms. The third-order valence-corrected chi connectivity index (χ3v) is 8.50. The van der Waals surface area contributed by atoms with Crippen LogP contribution in [0.4, 0.5) is 0 Å². The second kappa shape index (κ2) is 14.0. The Morgan fingerprint density at radius 1 is 0.833 bits per heavy atom. The van der Waals surface area contributed by atoms with Crippen LogP contribution >= 0.6 is 0 Å². The number of phenols is 4. The summed E-state index contributed by atoms with van der Waals surface area (Å²) in [5.74, 6) is -2.79. The van der Waals surface area contributed by atoms with Crippen LogP contribution in [0.5, 0.6) is 28.7 Å². The molecule has 0 bridgehead atoms. The Morgan fingerprint density at radius 2 is 1.48 bits per heavy atom. The van der Waals surface area contributed by atoms with Crippen LogP contribution in [0.25, 0.3) is 22.3 Å². The molecule has 0 radical (unpaired) electrons. The molecule has 2 aliphatic rings. The van der Waals surface area contributed by atoms with E-state index in [1.54, 1.807) is 0 Å². The van der Waals surface area contributed by atoms with Crippen molar-refractivity contribution >= 4 is 11.0 Å². The van der Waals surface area contributed by atoms with Crippen molar-refractivity contribution in [2.45, 2.75) is 95.0 Å². The summed E-state index contributed by atoms with van der Waals surface area (Å²) < 4.78 is 28.6. The van der Waals surface area contributed by atoms with Crippen LogP contribution in [0, 0.1) is 5.92 Å². The number of fused-ring (bicyclic) bond motifs is 1. The first-order valence-electron chi connectivity index (χ1n) is 15.3. The summed E-state index contributed by atoms with van der Waals surface area (Å²) in [5.41, 5.74) is -0.663. The Labute approximate surface area is 273 Å². The van der Waals surface area contributed by atoms with E-state index < -0.39 is 96.4 Å². The Morgan fingerprint density at radius 3 is 2.10 bits per heavy atom. The Bertz CT molecular complexity index is 1650. The smallest absolute Gasteiger partial charge is 0.229 e. The molecule has 0 saturated carbocycles. The lowest BCUT2D eigenvalue weighted by molar-refractivity contribution is -0.349. The molecule has 1 aromatic heterocycles. The third kappa shape index (κ3) is 6.76. The van der Waals surface area contributed by atoms with E-state index in [0.717, 1.165) is 24.3 Å². The van der Waals surface area contributed by atoms with Crippen LogP contribution in [-0.4, -0.2) is 119 Å². The van der Waals surface area contributed by atoms with Gasteiger partial charge in [-0.05, 0) is 37.8 Å². The monoisotopic (exact) mass is 680 g/mol. The first-order valence-corrected chi connectivity index (χ1v) is 15.3. The predicted molar refractivity (Wildman–Crippen MR) is 163 cm³/mol. The molecule has 0 aliphatic carbocycles. The quantitative estimate of drug-likeness (QED) is 0.132. The molecule has 16 heteroatoms. The lowest BCUT2D eigenvalue weighted by Gasteiger charge is -2.45. The predicted octanol–water partition coefficient (Wildman–Crippen LogP) is -0.0985. The number of aliphatic hydroxyl groups is 6. The van der Waals surface area contributed by atoms with Gasteiger partial charge in [0.25, 0.3) is 0 Å². The lowest BCUT2D eigenvalue weighted by Crippen LogP contribution is -2.64. The van der Waals surface area contributed by atoms with Crippen LogP contribution in [0.3, 0.4) is 0 Å². The number of rotatable bonds is 9. The van der Waals surface area contributed by atoms with Gasteiger partial charge in [0.05, 0.1) is 12.7 Å². The van der Waals surface area contributed by atoms with Crippen molar-refractivity contribution in [1.29, 1.82) is 0 Å². The number of benzene rings is 2. The fourth-order valence-corrected chi connectivity index (χ4v) is 5.75. The maximum absolute atomic E-state index is 14.1. The van der Waals surface area contributed by atoms with Gasteiger partial charge in [-0.2, -0.15) is 0 Å². The summed E-state index contributed by atoms with van der Waals surface area (Å²) in [6.07, 6.45) is -15.2. The minimum absolute atomic E-state index is 0.0563. The van der Waals surface area contributed by atoms with E-state index in [-0.39, 0.29) is 45.9 Å². The maximum atomic E-state index is 14.1. The highest BCUT2D eigenvalue weighted by Gasteiger charge is 2.50. The van der Waals surface area contributed by atoms with E-state index >= 15 is 0 Å². The SMILES string of the molecule is CC(C)CCc1c(-c2cc(O)c(O)c(O)c2)oc2cc(O)cc(O[C@H]3O[C@H](CO)[C@@H](O[C@@H]4O[C@@H](C)[C@H](O)[C@@H](O)[C@H]4O)[C@H](O)[C@H]3O)c2c1=O. The third-order valence-electron chi connectivity index (χ3n) is 8.50. The Balaban J connectivity index is 1.50. The zero-order chi connectivity index (χ0) is 35.2. The van der Waals surface area contributed by atoms with Crippen molar-refractivity contribution < 1.29 is 74.4 Å². The molecule has 3 heterocycles. The van der Waals surface area contributed by atoms with E-state index in [2.05, 4.69) is 0 Å². The van der Waals surface area contributed by atoms with Crippen molar-refractivity contribution in [3.63, 3.8) is 0 Å². The molecule has 3 aromatic rings. The Kier molecular flexibility index (Phi) is 10.4. The number of phenolic OH excluding ortho intramolecular Hbond substituents is 4. The van der Waals surface area contributed by atoms with E-state index in [9.17, 15) is 55.9 Å². The first-order chi connectivity index (χ1) is 22.6. The van der Waals surface area contributed by atoms with Crippen molar-refractivity contribution in [2.75, 3.05) is 6.61 Å². The van der Waals surface area contributed by atoms with E-state index in [4.69, 9.17) is 23.4 Å². The second-order valence-corrected chi connectivity index (χ2v) is 12.5. The molecule has 264 valence electrons. The molecule has 5 rings (SSSR count). The molecule has 0 amide bonds. The average Bonchev–Trinajstić information content (AvgIpc) is 3.03. The number of ether oxygens (including phenoxy) is 4. The van der Waals surface area contributed by atoms with Gasteiger partial charge in [0.2, 0.25) is 6.29 Å². The lowest BCUT2D eigenvalue weighted by atomic mass is 9.96. The van der Waals surface area contributed by atoms with E-state index in [1.165, 1.54) is 6.92 Å². The van der Waals surface area contributed by atoms with Gasteiger partial charge in [-0.3, -0.25) is 4.79 Å². The van der Waals surface area contributed by atoms with E-state index in [1.807, 2.05) is 13.8 Å². The largest absolute Gasteiger partial charge is 0.508 e. The molecule has 16 nitrogen and oxygen atoms in total. The molecule has 2 saturated heterocycles. The first kappa shape index (κ1) is 35.6. The van der Waals surface area contributed by atoms with Crippen molar-refractivity contribution in [3.05, 3.63) is 40.1 Å². The highest BCUT2D eigenvalue weighted by atomic mass is 16.7. The summed E-state index contributed by atoms with van der Waals surface area (Å²) in [5, 5.41) is 103. The number of aromatic hydroxyl groups is 4. The van der Waals surface area contributed by atoms with Gasteiger partial charge in [0, 0.05) is 23.3 Å². The van der Waals surface area contributed by atoms with Crippen molar-refractivity contribution in [1.82, 2.24) is 0 Å². The fraction of sp³-hybridized carbons (Fsp3) is 0.531. The summed E-state index contributed by atoms with van der Waals surface area (Å²) >= 11 is 0. The van der Waals surface area contributed by atoms with Crippen LogP contribution in [0.15, 0.2) is 33.5 Å². The zero-order valence-electron chi connectivity index (χ0n) is 26.2. The minimum Gasteiger partial charge on any atom is -0.508 e. The summed E-state index contributed by atoms with van der Waals surface area (Å²) in [6, 6.07) is 4.37. The van der Waals surface area contributed by atoms with E-state index in [0.29, 0.717) is 6.42 Å². The van der Waals surface area contributed by atoms with Gasteiger partial charge in [0.15, 0.2) is 29.0 Å². The molecule has 0 spiro atoms. The van der Waals surface area contributed by atoms with Crippen LogP contribution in [0.1, 0.15) is 32.8 Å². The van der Waals surface area contributed by atoms with Crippen molar-refractivity contribution in [2.24, 2.45) is 5.92 Å². The molecule has 2 aliphatic heterocycles. The second-order valence-electron chi connectivity index (χ2n) is 12.5. The Hall–Kier alpha value is -3.71. The molecular weight excluding hydrogens is 640 g/mol. The van der Waals surface area contributed by atoms with Gasteiger partial charge in [-0.25, -0.2) is 0 Å².